The van der Waals surface area contributed by atoms with Crippen molar-refractivity contribution in [2.45, 2.75) is 32.2 Å². The molecular weight excluding hydrogens is 226 g/mol. The molecule has 3 nitrogen and oxygen atoms in total. The van der Waals surface area contributed by atoms with Gasteiger partial charge in [-0.05, 0) is 42.6 Å². The summed E-state index contributed by atoms with van der Waals surface area (Å²) < 4.78 is 10.7. The summed E-state index contributed by atoms with van der Waals surface area (Å²) in [7, 11) is 1.72. The molecule has 0 bridgehead atoms. The van der Waals surface area contributed by atoms with E-state index in [9.17, 15) is 0 Å². The average Bonchev–Trinajstić information content (AvgIpc) is 2.78. The van der Waals surface area contributed by atoms with Crippen LogP contribution < -0.4 is 10.1 Å². The summed E-state index contributed by atoms with van der Waals surface area (Å²) >= 11 is 0. The highest BCUT2D eigenvalue weighted by atomic mass is 16.5. The summed E-state index contributed by atoms with van der Waals surface area (Å²) in [5.74, 6) is 0.988. The summed E-state index contributed by atoms with van der Waals surface area (Å²) in [6.07, 6.45) is 3.30. The summed E-state index contributed by atoms with van der Waals surface area (Å²) in [5, 5.41) is 3.52. The Bertz CT molecular complexity index is 379. The Labute approximate surface area is 109 Å². The standard InChI is InChI=1S/C15H23NO2/c1-3-16-15-8-5-12-11-13(6-7-14(12)15)18-10-4-9-17-2/h6-7,11,15-16H,3-5,8-10H2,1-2H3. The zero-order valence-electron chi connectivity index (χ0n) is 11.4. The maximum absolute atomic E-state index is 5.73. The largest absolute Gasteiger partial charge is 0.493 e. The van der Waals surface area contributed by atoms with Gasteiger partial charge in [-0.25, -0.2) is 0 Å². The molecule has 0 radical (unpaired) electrons. The Balaban J connectivity index is 1.92. The lowest BCUT2D eigenvalue weighted by Crippen LogP contribution is -2.18. The van der Waals surface area contributed by atoms with Gasteiger partial charge in [0.25, 0.3) is 0 Å². The molecule has 3 heteroatoms. The van der Waals surface area contributed by atoms with Crippen molar-refractivity contribution in [3.63, 3.8) is 0 Å². The molecule has 1 aromatic rings. The van der Waals surface area contributed by atoms with E-state index < -0.39 is 0 Å². The molecule has 18 heavy (non-hydrogen) atoms. The number of rotatable bonds is 7. The second-order valence-electron chi connectivity index (χ2n) is 4.70. The molecule has 0 heterocycles. The van der Waals surface area contributed by atoms with Crippen LogP contribution in [0, 0.1) is 0 Å². The van der Waals surface area contributed by atoms with Crippen LogP contribution in [0.4, 0.5) is 0 Å². The van der Waals surface area contributed by atoms with Crippen molar-refractivity contribution in [2.75, 3.05) is 26.9 Å². The van der Waals surface area contributed by atoms with Crippen LogP contribution in [0.2, 0.25) is 0 Å². The topological polar surface area (TPSA) is 30.5 Å². The third kappa shape index (κ3) is 3.24. The number of fused-ring (bicyclic) bond motifs is 1. The highest BCUT2D eigenvalue weighted by Crippen LogP contribution is 2.33. The first kappa shape index (κ1) is 13.4. The third-order valence-electron chi connectivity index (χ3n) is 3.40. The zero-order valence-corrected chi connectivity index (χ0v) is 11.4. The predicted octanol–water partition coefficient (Wildman–Crippen LogP) is 2.70. The van der Waals surface area contributed by atoms with Crippen LogP contribution in [-0.4, -0.2) is 26.9 Å². The van der Waals surface area contributed by atoms with Gasteiger partial charge in [-0.1, -0.05) is 13.0 Å². The van der Waals surface area contributed by atoms with Crippen molar-refractivity contribution in [1.82, 2.24) is 5.32 Å². The molecule has 0 amide bonds. The number of nitrogens with one attached hydrogen (secondary N) is 1. The van der Waals surface area contributed by atoms with Gasteiger partial charge in [0.2, 0.25) is 0 Å². The molecule has 0 aromatic heterocycles. The van der Waals surface area contributed by atoms with Crippen LogP contribution in [0.15, 0.2) is 18.2 Å². The Morgan fingerprint density at radius 2 is 2.22 bits per heavy atom. The lowest BCUT2D eigenvalue weighted by atomic mass is 10.1. The first-order chi connectivity index (χ1) is 8.85. The molecule has 0 spiro atoms. The van der Waals surface area contributed by atoms with Crippen LogP contribution in [0.5, 0.6) is 5.75 Å². The number of ether oxygens (including phenoxy) is 2. The van der Waals surface area contributed by atoms with E-state index in [1.807, 2.05) is 0 Å². The molecule has 100 valence electrons. The van der Waals surface area contributed by atoms with Gasteiger partial charge in [-0.15, -0.1) is 0 Å². The van der Waals surface area contributed by atoms with Gasteiger partial charge in [0.15, 0.2) is 0 Å². The van der Waals surface area contributed by atoms with Crippen LogP contribution in [0.25, 0.3) is 0 Å². The monoisotopic (exact) mass is 249 g/mol. The van der Waals surface area contributed by atoms with Crippen molar-refractivity contribution < 1.29 is 9.47 Å². The fourth-order valence-electron chi connectivity index (χ4n) is 2.54. The highest BCUT2D eigenvalue weighted by molar-refractivity contribution is 5.40. The molecule has 0 fully saturated rings. The molecule has 0 aliphatic heterocycles. The number of benzene rings is 1. The number of methoxy groups -OCH3 is 1. The Kier molecular flexibility index (Phi) is 5.02. The van der Waals surface area contributed by atoms with Gasteiger partial charge in [0.05, 0.1) is 6.61 Å². The van der Waals surface area contributed by atoms with Gasteiger partial charge < -0.3 is 14.8 Å². The third-order valence-corrected chi connectivity index (χ3v) is 3.40. The molecule has 1 aliphatic carbocycles. The maximum Gasteiger partial charge on any atom is 0.119 e. The van der Waals surface area contributed by atoms with Crippen molar-refractivity contribution in [2.24, 2.45) is 0 Å². The minimum atomic E-state index is 0.535. The summed E-state index contributed by atoms with van der Waals surface area (Å²) in [6.45, 7) is 4.67. The minimum Gasteiger partial charge on any atom is -0.493 e. The molecule has 2 rings (SSSR count). The second-order valence-corrected chi connectivity index (χ2v) is 4.70. The lowest BCUT2D eigenvalue weighted by Gasteiger charge is -2.13. The van der Waals surface area contributed by atoms with Gasteiger partial charge in [-0.3, -0.25) is 0 Å². The fraction of sp³-hybridized carbons (Fsp3) is 0.600. The van der Waals surface area contributed by atoms with E-state index in [0.717, 1.165) is 38.3 Å². The molecule has 1 atom stereocenters. The lowest BCUT2D eigenvalue weighted by molar-refractivity contribution is 0.172. The molecule has 1 aromatic carbocycles. The minimum absolute atomic E-state index is 0.535. The summed E-state index contributed by atoms with van der Waals surface area (Å²) in [6, 6.07) is 7.02. The van der Waals surface area contributed by atoms with Crippen LogP contribution in [0.3, 0.4) is 0 Å². The van der Waals surface area contributed by atoms with Gasteiger partial charge in [-0.2, -0.15) is 0 Å². The average molecular weight is 249 g/mol. The smallest absolute Gasteiger partial charge is 0.119 e. The van der Waals surface area contributed by atoms with E-state index in [1.54, 1.807) is 7.11 Å². The number of hydrogen-bond donors (Lipinski definition) is 1. The van der Waals surface area contributed by atoms with Crippen LogP contribution in [0.1, 0.15) is 36.9 Å². The Morgan fingerprint density at radius 1 is 1.33 bits per heavy atom. The summed E-state index contributed by atoms with van der Waals surface area (Å²) in [4.78, 5) is 0. The Morgan fingerprint density at radius 3 is 3.00 bits per heavy atom. The zero-order chi connectivity index (χ0) is 12.8. The van der Waals surface area contributed by atoms with Gasteiger partial charge in [0.1, 0.15) is 5.75 Å². The van der Waals surface area contributed by atoms with Crippen molar-refractivity contribution in [3.8, 4) is 5.75 Å². The van der Waals surface area contributed by atoms with E-state index in [4.69, 9.17) is 9.47 Å². The normalized spacial score (nSPS) is 17.8. The molecule has 1 N–H and O–H groups in total. The van der Waals surface area contributed by atoms with Crippen LogP contribution >= 0.6 is 0 Å². The highest BCUT2D eigenvalue weighted by Gasteiger charge is 2.21. The van der Waals surface area contributed by atoms with Crippen LogP contribution in [-0.2, 0) is 11.2 Å². The van der Waals surface area contributed by atoms with Crippen molar-refractivity contribution in [1.29, 1.82) is 0 Å². The van der Waals surface area contributed by atoms with Gasteiger partial charge in [0, 0.05) is 26.2 Å². The number of aryl methyl sites for hydroxylation is 1. The molecular formula is C15H23NO2. The molecule has 0 saturated heterocycles. The fourth-order valence-corrected chi connectivity index (χ4v) is 2.54. The van der Waals surface area contributed by atoms with Crippen molar-refractivity contribution >= 4 is 0 Å². The SMILES string of the molecule is CCNC1CCc2cc(OCCCOC)ccc21. The summed E-state index contributed by atoms with van der Waals surface area (Å²) in [5.41, 5.74) is 2.88. The van der Waals surface area contributed by atoms with Gasteiger partial charge >= 0.3 is 0 Å². The van der Waals surface area contributed by atoms with E-state index >= 15 is 0 Å². The second kappa shape index (κ2) is 6.76. The van der Waals surface area contributed by atoms with E-state index in [2.05, 4.69) is 30.4 Å². The van der Waals surface area contributed by atoms with E-state index in [-0.39, 0.29) is 0 Å². The van der Waals surface area contributed by atoms with E-state index in [0.29, 0.717) is 6.04 Å². The molecule has 1 aliphatic rings. The maximum atomic E-state index is 5.73. The Hall–Kier alpha value is -1.06. The quantitative estimate of drug-likeness (QED) is 0.754. The van der Waals surface area contributed by atoms with Crippen molar-refractivity contribution in [3.05, 3.63) is 29.3 Å². The molecule has 0 saturated carbocycles. The number of hydrogen-bond acceptors (Lipinski definition) is 3. The first-order valence-electron chi connectivity index (χ1n) is 6.83. The molecule has 1 unspecified atom stereocenters. The predicted molar refractivity (Wildman–Crippen MR) is 73.2 cm³/mol. The van der Waals surface area contributed by atoms with E-state index in [1.165, 1.54) is 17.5 Å². The first-order valence-corrected chi connectivity index (χ1v) is 6.83.